The quantitative estimate of drug-likeness (QED) is 0.880. The number of carbonyl (C=O) groups is 1. The Kier molecular flexibility index (Phi) is 3.79. The van der Waals surface area contributed by atoms with Gasteiger partial charge in [-0.3, -0.25) is 4.79 Å². The maximum absolute atomic E-state index is 11.8. The smallest absolute Gasteiger partial charge is 0.471 e. The zero-order chi connectivity index (χ0) is 12.3. The van der Waals surface area contributed by atoms with Crippen LogP contribution in [0.15, 0.2) is 22.7 Å². The molecule has 0 fully saturated rings. The molecule has 0 unspecified atom stereocenters. The van der Waals surface area contributed by atoms with Gasteiger partial charge in [0, 0.05) is 6.54 Å². The third kappa shape index (κ3) is 3.41. The molecule has 2 N–H and O–H groups in total. The zero-order valence-electron chi connectivity index (χ0n) is 7.81. The molecular weight excluding hydrogens is 291 g/mol. The lowest BCUT2D eigenvalue weighted by atomic mass is 10.2. The Labute approximate surface area is 97.4 Å². The lowest BCUT2D eigenvalue weighted by Gasteiger charge is -2.08. The Morgan fingerprint density at radius 1 is 1.44 bits per heavy atom. The van der Waals surface area contributed by atoms with E-state index in [9.17, 15) is 23.1 Å². The summed E-state index contributed by atoms with van der Waals surface area (Å²) in [7, 11) is 0. The lowest BCUT2D eigenvalue weighted by molar-refractivity contribution is -0.173. The molecule has 1 amide bonds. The van der Waals surface area contributed by atoms with Gasteiger partial charge in [0.05, 0.1) is 4.47 Å². The molecular formula is C9H7BrF3NO2. The molecule has 1 aromatic carbocycles. The van der Waals surface area contributed by atoms with E-state index in [2.05, 4.69) is 15.9 Å². The van der Waals surface area contributed by atoms with Crippen LogP contribution in [-0.2, 0) is 11.3 Å². The van der Waals surface area contributed by atoms with Crippen molar-refractivity contribution in [2.75, 3.05) is 0 Å². The van der Waals surface area contributed by atoms with Gasteiger partial charge in [-0.15, -0.1) is 0 Å². The molecule has 0 saturated carbocycles. The monoisotopic (exact) mass is 297 g/mol. The van der Waals surface area contributed by atoms with Crippen LogP contribution in [-0.4, -0.2) is 17.2 Å². The molecule has 0 heterocycles. The molecule has 88 valence electrons. The van der Waals surface area contributed by atoms with Crippen LogP contribution >= 0.6 is 15.9 Å². The molecule has 3 nitrogen and oxygen atoms in total. The molecule has 7 heteroatoms. The summed E-state index contributed by atoms with van der Waals surface area (Å²) in [5.41, 5.74) is 0.373. The minimum absolute atomic E-state index is 0.0984. The van der Waals surface area contributed by atoms with Crippen molar-refractivity contribution in [1.29, 1.82) is 0 Å². The van der Waals surface area contributed by atoms with Crippen molar-refractivity contribution in [3.63, 3.8) is 0 Å². The predicted octanol–water partition coefficient (Wildman–Crippen LogP) is 2.33. The standard InChI is InChI=1S/C9H7BrF3NO2/c10-6-2-1-5(3-7(6)15)4-14-8(16)9(11,12)13/h1-3,15H,4H2,(H,14,16). The Morgan fingerprint density at radius 3 is 2.56 bits per heavy atom. The summed E-state index contributed by atoms with van der Waals surface area (Å²) in [4.78, 5) is 10.5. The van der Waals surface area contributed by atoms with Crippen LogP contribution in [0, 0.1) is 0 Å². The molecule has 0 radical (unpaired) electrons. The fraction of sp³-hybridized carbons (Fsp3) is 0.222. The van der Waals surface area contributed by atoms with E-state index in [-0.39, 0.29) is 12.3 Å². The first-order chi connectivity index (χ1) is 7.30. The molecule has 0 aliphatic rings. The predicted molar refractivity (Wildman–Crippen MR) is 53.7 cm³/mol. The zero-order valence-corrected chi connectivity index (χ0v) is 9.39. The van der Waals surface area contributed by atoms with Gasteiger partial charge >= 0.3 is 12.1 Å². The van der Waals surface area contributed by atoms with E-state index in [0.717, 1.165) is 0 Å². The van der Waals surface area contributed by atoms with Crippen LogP contribution in [0.3, 0.4) is 0 Å². The number of halogens is 4. The number of carbonyl (C=O) groups excluding carboxylic acids is 1. The second-order valence-corrected chi connectivity index (χ2v) is 3.82. The van der Waals surface area contributed by atoms with Gasteiger partial charge in [-0.25, -0.2) is 0 Å². The normalized spacial score (nSPS) is 11.2. The Morgan fingerprint density at radius 2 is 2.06 bits per heavy atom. The van der Waals surface area contributed by atoms with Crippen LogP contribution in [0.25, 0.3) is 0 Å². The van der Waals surface area contributed by atoms with E-state index in [1.807, 2.05) is 0 Å². The second kappa shape index (κ2) is 4.73. The van der Waals surface area contributed by atoms with Crippen LogP contribution in [0.1, 0.15) is 5.56 Å². The Balaban J connectivity index is 2.62. The summed E-state index contributed by atoms with van der Waals surface area (Å²) in [5, 5.41) is 10.9. The highest BCUT2D eigenvalue weighted by atomic mass is 79.9. The van der Waals surface area contributed by atoms with Crippen molar-refractivity contribution in [3.8, 4) is 5.75 Å². The molecule has 0 aliphatic heterocycles. The Hall–Kier alpha value is -1.24. The van der Waals surface area contributed by atoms with Gasteiger partial charge in [0.2, 0.25) is 0 Å². The number of nitrogens with one attached hydrogen (secondary N) is 1. The van der Waals surface area contributed by atoms with E-state index in [1.165, 1.54) is 18.2 Å². The van der Waals surface area contributed by atoms with Gasteiger partial charge in [-0.1, -0.05) is 6.07 Å². The molecule has 0 bridgehead atoms. The Bertz CT molecular complexity index is 406. The first-order valence-electron chi connectivity index (χ1n) is 4.13. The van der Waals surface area contributed by atoms with Gasteiger partial charge in [0.1, 0.15) is 5.75 Å². The molecule has 16 heavy (non-hydrogen) atoms. The number of aromatic hydroxyl groups is 1. The number of alkyl halides is 3. The first kappa shape index (κ1) is 12.8. The van der Waals surface area contributed by atoms with Crippen molar-refractivity contribution in [2.24, 2.45) is 0 Å². The van der Waals surface area contributed by atoms with Gasteiger partial charge in [0.15, 0.2) is 0 Å². The fourth-order valence-electron chi connectivity index (χ4n) is 0.951. The van der Waals surface area contributed by atoms with Crippen molar-refractivity contribution < 1.29 is 23.1 Å². The van der Waals surface area contributed by atoms with E-state index in [1.54, 1.807) is 5.32 Å². The topological polar surface area (TPSA) is 49.3 Å². The van der Waals surface area contributed by atoms with Crippen LogP contribution in [0.2, 0.25) is 0 Å². The number of rotatable bonds is 2. The SMILES string of the molecule is O=C(NCc1ccc(Br)c(O)c1)C(F)(F)F. The molecule has 0 atom stereocenters. The van der Waals surface area contributed by atoms with Crippen LogP contribution in [0.4, 0.5) is 13.2 Å². The van der Waals surface area contributed by atoms with Crippen molar-refractivity contribution in [3.05, 3.63) is 28.2 Å². The highest BCUT2D eigenvalue weighted by molar-refractivity contribution is 9.10. The summed E-state index contributed by atoms with van der Waals surface area (Å²) >= 11 is 3.02. The highest BCUT2D eigenvalue weighted by Crippen LogP contribution is 2.24. The van der Waals surface area contributed by atoms with Crippen LogP contribution in [0.5, 0.6) is 5.75 Å². The number of phenols is 1. The van der Waals surface area contributed by atoms with Crippen molar-refractivity contribution >= 4 is 21.8 Å². The molecule has 1 rings (SSSR count). The number of hydrogen-bond acceptors (Lipinski definition) is 2. The summed E-state index contributed by atoms with van der Waals surface area (Å²) in [6.45, 7) is -0.292. The second-order valence-electron chi connectivity index (χ2n) is 2.97. The fourth-order valence-corrected chi connectivity index (χ4v) is 1.20. The lowest BCUT2D eigenvalue weighted by Crippen LogP contribution is -2.36. The van der Waals surface area contributed by atoms with E-state index in [0.29, 0.717) is 10.0 Å². The molecule has 1 aromatic rings. The first-order valence-corrected chi connectivity index (χ1v) is 4.92. The largest absolute Gasteiger partial charge is 0.507 e. The van der Waals surface area contributed by atoms with Gasteiger partial charge in [-0.2, -0.15) is 13.2 Å². The van der Waals surface area contributed by atoms with E-state index in [4.69, 9.17) is 0 Å². The average molecular weight is 298 g/mol. The summed E-state index contributed by atoms with van der Waals surface area (Å²) in [6, 6.07) is 4.23. The number of benzene rings is 1. The minimum Gasteiger partial charge on any atom is -0.507 e. The summed E-state index contributed by atoms with van der Waals surface area (Å²) in [6.07, 6.45) is -4.89. The van der Waals surface area contributed by atoms with Gasteiger partial charge in [0.25, 0.3) is 0 Å². The third-order valence-corrected chi connectivity index (χ3v) is 2.39. The number of amides is 1. The van der Waals surface area contributed by atoms with Crippen molar-refractivity contribution in [1.82, 2.24) is 5.32 Å². The summed E-state index contributed by atoms with van der Waals surface area (Å²) in [5.74, 6) is -2.10. The highest BCUT2D eigenvalue weighted by Gasteiger charge is 2.38. The van der Waals surface area contributed by atoms with E-state index < -0.39 is 12.1 Å². The summed E-state index contributed by atoms with van der Waals surface area (Å²) < 4.78 is 35.9. The molecule has 0 aromatic heterocycles. The maximum Gasteiger partial charge on any atom is 0.471 e. The maximum atomic E-state index is 11.8. The number of hydrogen-bond donors (Lipinski definition) is 2. The van der Waals surface area contributed by atoms with Gasteiger partial charge < -0.3 is 10.4 Å². The molecule has 0 spiro atoms. The number of phenolic OH excluding ortho intramolecular Hbond substituents is 1. The van der Waals surface area contributed by atoms with Crippen molar-refractivity contribution in [2.45, 2.75) is 12.7 Å². The third-order valence-electron chi connectivity index (χ3n) is 1.72. The minimum atomic E-state index is -4.89. The van der Waals surface area contributed by atoms with E-state index >= 15 is 0 Å². The molecule has 0 saturated heterocycles. The average Bonchev–Trinajstić information content (AvgIpc) is 2.18. The van der Waals surface area contributed by atoms with Gasteiger partial charge in [-0.05, 0) is 33.6 Å². The van der Waals surface area contributed by atoms with Crippen LogP contribution < -0.4 is 5.32 Å². The molecule has 0 aliphatic carbocycles.